The van der Waals surface area contributed by atoms with E-state index in [0.717, 1.165) is 11.1 Å². The van der Waals surface area contributed by atoms with Gasteiger partial charge >= 0.3 is 6.09 Å². The Morgan fingerprint density at radius 2 is 2.05 bits per heavy atom. The number of amides is 1. The van der Waals surface area contributed by atoms with Crippen molar-refractivity contribution >= 4 is 6.09 Å². The molecule has 0 saturated carbocycles. The third-order valence-electron chi connectivity index (χ3n) is 2.71. The number of carbonyl (C=O) groups excluding carboxylic acids is 1. The predicted molar refractivity (Wildman–Crippen MR) is 77.2 cm³/mol. The summed E-state index contributed by atoms with van der Waals surface area (Å²) >= 11 is 0. The highest BCUT2D eigenvalue weighted by Gasteiger charge is 2.18. The van der Waals surface area contributed by atoms with Gasteiger partial charge in [-0.2, -0.15) is 0 Å². The van der Waals surface area contributed by atoms with Gasteiger partial charge in [0.1, 0.15) is 11.4 Å². The Labute approximate surface area is 119 Å². The molecule has 0 heterocycles. The lowest BCUT2D eigenvalue weighted by molar-refractivity contribution is 0.0525. The first-order valence-electron chi connectivity index (χ1n) is 6.65. The van der Waals surface area contributed by atoms with Gasteiger partial charge in [0.25, 0.3) is 0 Å². The molecule has 0 radical (unpaired) electrons. The second kappa shape index (κ2) is 6.70. The molecule has 1 aromatic carbocycles. The van der Waals surface area contributed by atoms with E-state index in [2.05, 4.69) is 5.32 Å². The number of nitrogens with one attached hydrogen (secondary N) is 1. The van der Waals surface area contributed by atoms with Gasteiger partial charge in [-0.15, -0.1) is 0 Å². The number of hydrogen-bond donors (Lipinski definition) is 2. The monoisotopic (exact) mass is 282 g/mol. The van der Waals surface area contributed by atoms with Crippen LogP contribution in [0.5, 0.6) is 0 Å². The highest BCUT2D eigenvalue weighted by Crippen LogP contribution is 2.17. The SMILES string of the molecule is Cc1cc(F)cc(C(CN)CNC(=O)OC(C)(C)C)c1. The Bertz CT molecular complexity index is 449. The first-order valence-corrected chi connectivity index (χ1v) is 6.65. The number of benzene rings is 1. The molecule has 0 spiro atoms. The summed E-state index contributed by atoms with van der Waals surface area (Å²) in [7, 11) is 0. The van der Waals surface area contributed by atoms with Gasteiger partial charge in [0, 0.05) is 19.0 Å². The van der Waals surface area contributed by atoms with Gasteiger partial charge in [0.2, 0.25) is 0 Å². The predicted octanol–water partition coefficient (Wildman–Crippen LogP) is 2.70. The van der Waals surface area contributed by atoms with E-state index in [9.17, 15) is 9.18 Å². The molecule has 0 aliphatic heterocycles. The average Bonchev–Trinajstić information content (AvgIpc) is 2.25. The molecule has 0 aliphatic carbocycles. The minimum atomic E-state index is -0.544. The molecule has 5 heteroatoms. The molecule has 1 aromatic rings. The van der Waals surface area contributed by atoms with E-state index in [-0.39, 0.29) is 11.7 Å². The smallest absolute Gasteiger partial charge is 0.407 e. The Kier molecular flexibility index (Phi) is 5.51. The number of halogens is 1. The lowest BCUT2D eigenvalue weighted by Gasteiger charge is -2.21. The van der Waals surface area contributed by atoms with Crippen molar-refractivity contribution in [2.45, 2.75) is 39.2 Å². The summed E-state index contributed by atoms with van der Waals surface area (Å²) in [5, 5.41) is 2.66. The van der Waals surface area contributed by atoms with E-state index in [1.807, 2.05) is 13.0 Å². The number of ether oxygens (including phenoxy) is 1. The van der Waals surface area contributed by atoms with Crippen molar-refractivity contribution in [2.75, 3.05) is 13.1 Å². The molecule has 1 unspecified atom stereocenters. The summed E-state index contributed by atoms with van der Waals surface area (Å²) in [4.78, 5) is 11.6. The molecular weight excluding hydrogens is 259 g/mol. The van der Waals surface area contributed by atoms with E-state index in [0.29, 0.717) is 13.1 Å². The van der Waals surface area contributed by atoms with Crippen molar-refractivity contribution in [3.8, 4) is 0 Å². The van der Waals surface area contributed by atoms with Crippen LogP contribution in [0.25, 0.3) is 0 Å². The van der Waals surface area contributed by atoms with Crippen molar-refractivity contribution in [3.63, 3.8) is 0 Å². The third kappa shape index (κ3) is 5.57. The summed E-state index contributed by atoms with van der Waals surface area (Å²) in [6.45, 7) is 7.84. The highest BCUT2D eigenvalue weighted by atomic mass is 19.1. The molecule has 0 aromatic heterocycles. The highest BCUT2D eigenvalue weighted by molar-refractivity contribution is 5.67. The molecular formula is C15H23FN2O2. The molecule has 3 N–H and O–H groups in total. The minimum Gasteiger partial charge on any atom is -0.444 e. The Morgan fingerprint density at radius 3 is 2.55 bits per heavy atom. The van der Waals surface area contributed by atoms with Crippen LogP contribution >= 0.6 is 0 Å². The van der Waals surface area contributed by atoms with Crippen LogP contribution < -0.4 is 11.1 Å². The Balaban J connectivity index is 2.66. The Hall–Kier alpha value is -1.62. The van der Waals surface area contributed by atoms with Crippen molar-refractivity contribution in [1.29, 1.82) is 0 Å². The summed E-state index contributed by atoms with van der Waals surface area (Å²) < 4.78 is 18.5. The van der Waals surface area contributed by atoms with Crippen LogP contribution in [0, 0.1) is 12.7 Å². The molecule has 0 fully saturated rings. The number of carbonyl (C=O) groups is 1. The molecule has 4 nitrogen and oxygen atoms in total. The number of rotatable bonds is 4. The van der Waals surface area contributed by atoms with E-state index in [1.165, 1.54) is 12.1 Å². The fourth-order valence-corrected chi connectivity index (χ4v) is 1.86. The van der Waals surface area contributed by atoms with Gasteiger partial charge in [-0.05, 0) is 51.0 Å². The second-order valence-electron chi connectivity index (χ2n) is 5.88. The molecule has 20 heavy (non-hydrogen) atoms. The zero-order chi connectivity index (χ0) is 15.3. The fourth-order valence-electron chi connectivity index (χ4n) is 1.86. The van der Waals surface area contributed by atoms with Crippen molar-refractivity contribution in [3.05, 3.63) is 35.1 Å². The van der Waals surface area contributed by atoms with Crippen LogP contribution in [0.15, 0.2) is 18.2 Å². The van der Waals surface area contributed by atoms with Crippen molar-refractivity contribution < 1.29 is 13.9 Å². The van der Waals surface area contributed by atoms with Crippen LogP contribution in [0.3, 0.4) is 0 Å². The summed E-state index contributed by atoms with van der Waals surface area (Å²) in [5.74, 6) is -0.437. The lowest BCUT2D eigenvalue weighted by Crippen LogP contribution is -2.36. The number of hydrogen-bond acceptors (Lipinski definition) is 3. The maximum atomic E-state index is 13.4. The minimum absolute atomic E-state index is 0.142. The number of nitrogens with two attached hydrogens (primary N) is 1. The summed E-state index contributed by atoms with van der Waals surface area (Å²) in [5.41, 5.74) is 6.77. The fraction of sp³-hybridized carbons (Fsp3) is 0.533. The van der Waals surface area contributed by atoms with Gasteiger partial charge in [-0.25, -0.2) is 9.18 Å². The maximum Gasteiger partial charge on any atom is 0.407 e. The first kappa shape index (κ1) is 16.4. The van der Waals surface area contributed by atoms with Crippen molar-refractivity contribution in [1.82, 2.24) is 5.32 Å². The van der Waals surface area contributed by atoms with E-state index in [4.69, 9.17) is 10.5 Å². The van der Waals surface area contributed by atoms with Crippen LogP contribution in [-0.4, -0.2) is 24.8 Å². The Morgan fingerprint density at radius 1 is 1.40 bits per heavy atom. The van der Waals surface area contributed by atoms with Crippen LogP contribution in [-0.2, 0) is 4.74 Å². The standard InChI is InChI=1S/C15H23FN2O2/c1-10-5-11(7-13(16)6-10)12(8-17)9-18-14(19)20-15(2,3)4/h5-7,12H,8-9,17H2,1-4H3,(H,18,19). The molecule has 0 bridgehead atoms. The molecule has 1 atom stereocenters. The van der Waals surface area contributed by atoms with Gasteiger partial charge in [-0.1, -0.05) is 6.07 Å². The summed E-state index contributed by atoms with van der Waals surface area (Å²) in [6, 6.07) is 4.77. The van der Waals surface area contributed by atoms with Gasteiger partial charge < -0.3 is 15.8 Å². The average molecular weight is 282 g/mol. The summed E-state index contributed by atoms with van der Waals surface area (Å²) in [6.07, 6.45) is -0.496. The number of aryl methyl sites for hydroxylation is 1. The third-order valence-corrected chi connectivity index (χ3v) is 2.71. The van der Waals surface area contributed by atoms with Gasteiger partial charge in [0.15, 0.2) is 0 Å². The second-order valence-corrected chi connectivity index (χ2v) is 5.88. The molecule has 1 rings (SSSR count). The van der Waals surface area contributed by atoms with Crippen molar-refractivity contribution in [2.24, 2.45) is 5.73 Å². The maximum absolute atomic E-state index is 13.4. The molecule has 0 saturated heterocycles. The van der Waals surface area contributed by atoms with E-state index < -0.39 is 11.7 Å². The molecule has 0 aliphatic rings. The van der Waals surface area contributed by atoms with E-state index >= 15 is 0 Å². The van der Waals surface area contributed by atoms with Crippen LogP contribution in [0.1, 0.15) is 37.8 Å². The van der Waals surface area contributed by atoms with Gasteiger partial charge in [0.05, 0.1) is 0 Å². The van der Waals surface area contributed by atoms with Crippen LogP contribution in [0.2, 0.25) is 0 Å². The lowest BCUT2D eigenvalue weighted by atomic mass is 9.97. The quantitative estimate of drug-likeness (QED) is 0.892. The molecule has 1 amide bonds. The topological polar surface area (TPSA) is 64.3 Å². The normalized spacial score (nSPS) is 12.9. The zero-order valence-electron chi connectivity index (χ0n) is 12.5. The van der Waals surface area contributed by atoms with Gasteiger partial charge in [-0.3, -0.25) is 0 Å². The van der Waals surface area contributed by atoms with E-state index in [1.54, 1.807) is 20.8 Å². The largest absolute Gasteiger partial charge is 0.444 e. The first-order chi connectivity index (χ1) is 9.21. The zero-order valence-corrected chi connectivity index (χ0v) is 12.5. The molecule has 112 valence electrons. The van der Waals surface area contributed by atoms with Crippen LogP contribution in [0.4, 0.5) is 9.18 Å². The number of alkyl carbamates (subject to hydrolysis) is 1.